The Labute approximate surface area is 115 Å². The van der Waals surface area contributed by atoms with Crippen molar-refractivity contribution in [2.75, 3.05) is 0 Å². The number of aryl methyl sites for hydroxylation is 1. The van der Waals surface area contributed by atoms with Crippen molar-refractivity contribution in [1.29, 1.82) is 0 Å². The lowest BCUT2D eigenvalue weighted by Crippen LogP contribution is -2.35. The topological polar surface area (TPSA) is 38.1 Å². The molecule has 0 fully saturated rings. The Kier molecular flexibility index (Phi) is 3.76. The van der Waals surface area contributed by atoms with E-state index >= 15 is 0 Å². The molecule has 2 aromatic rings. The summed E-state index contributed by atoms with van der Waals surface area (Å²) in [6.45, 7) is 11.4. The van der Waals surface area contributed by atoms with Gasteiger partial charge in [0.2, 0.25) is 0 Å². The summed E-state index contributed by atoms with van der Waals surface area (Å²) in [5, 5.41) is 3.45. The summed E-state index contributed by atoms with van der Waals surface area (Å²) in [4.78, 5) is 4.34. The Hall–Kier alpha value is -1.61. The summed E-state index contributed by atoms with van der Waals surface area (Å²) >= 11 is 0. The van der Waals surface area contributed by atoms with Crippen molar-refractivity contribution in [1.82, 2.24) is 10.3 Å². The fraction of sp³-hybridized carbons (Fsp3) is 0.438. The predicted molar refractivity (Wildman–Crippen MR) is 78.0 cm³/mol. The SMILES string of the molecule is Cc1cccc(-c2ocnc2CNC(C)(C)C)c1C. The number of rotatable bonds is 3. The van der Waals surface area contributed by atoms with Crippen LogP contribution in [0.3, 0.4) is 0 Å². The highest BCUT2D eigenvalue weighted by atomic mass is 16.3. The van der Waals surface area contributed by atoms with Crippen LogP contribution < -0.4 is 5.32 Å². The van der Waals surface area contributed by atoms with E-state index in [1.54, 1.807) is 0 Å². The monoisotopic (exact) mass is 258 g/mol. The lowest BCUT2D eigenvalue weighted by Gasteiger charge is -2.20. The first kappa shape index (κ1) is 13.8. The number of oxazole rings is 1. The van der Waals surface area contributed by atoms with Gasteiger partial charge in [0.25, 0.3) is 0 Å². The van der Waals surface area contributed by atoms with Crippen molar-refractivity contribution in [3.63, 3.8) is 0 Å². The summed E-state index contributed by atoms with van der Waals surface area (Å²) in [7, 11) is 0. The minimum Gasteiger partial charge on any atom is -0.443 e. The summed E-state index contributed by atoms with van der Waals surface area (Å²) in [6, 6.07) is 6.26. The third-order valence-corrected chi connectivity index (χ3v) is 3.28. The summed E-state index contributed by atoms with van der Waals surface area (Å²) < 4.78 is 5.60. The van der Waals surface area contributed by atoms with E-state index in [-0.39, 0.29) is 5.54 Å². The highest BCUT2D eigenvalue weighted by Gasteiger charge is 2.16. The summed E-state index contributed by atoms with van der Waals surface area (Å²) in [6.07, 6.45) is 1.52. The van der Waals surface area contributed by atoms with Crippen LogP contribution in [0.2, 0.25) is 0 Å². The third kappa shape index (κ3) is 3.24. The van der Waals surface area contributed by atoms with Crippen LogP contribution in [0.15, 0.2) is 29.0 Å². The second kappa shape index (κ2) is 5.17. The zero-order chi connectivity index (χ0) is 14.0. The van der Waals surface area contributed by atoms with Crippen LogP contribution in [-0.2, 0) is 6.54 Å². The maximum atomic E-state index is 5.60. The lowest BCUT2D eigenvalue weighted by atomic mass is 10.0. The molecule has 0 unspecified atom stereocenters. The van der Waals surface area contributed by atoms with Crippen molar-refractivity contribution in [3.8, 4) is 11.3 Å². The van der Waals surface area contributed by atoms with E-state index in [1.807, 2.05) is 0 Å². The van der Waals surface area contributed by atoms with Crippen LogP contribution in [0.4, 0.5) is 0 Å². The number of nitrogens with one attached hydrogen (secondary N) is 1. The van der Waals surface area contributed by atoms with Gasteiger partial charge in [-0.3, -0.25) is 0 Å². The van der Waals surface area contributed by atoms with Crippen LogP contribution in [-0.4, -0.2) is 10.5 Å². The molecule has 2 rings (SSSR count). The largest absolute Gasteiger partial charge is 0.443 e. The lowest BCUT2D eigenvalue weighted by molar-refractivity contribution is 0.421. The number of hydrogen-bond acceptors (Lipinski definition) is 3. The molecule has 1 aromatic heterocycles. The molecule has 102 valence electrons. The fourth-order valence-electron chi connectivity index (χ4n) is 1.96. The molecule has 0 amide bonds. The molecule has 1 aromatic carbocycles. The third-order valence-electron chi connectivity index (χ3n) is 3.28. The number of nitrogens with zero attached hydrogens (tertiary/aromatic N) is 1. The van der Waals surface area contributed by atoms with E-state index in [4.69, 9.17) is 4.42 Å². The van der Waals surface area contributed by atoms with Gasteiger partial charge in [-0.15, -0.1) is 0 Å². The molecule has 1 N–H and O–H groups in total. The average molecular weight is 258 g/mol. The first-order valence-electron chi connectivity index (χ1n) is 6.62. The zero-order valence-electron chi connectivity index (χ0n) is 12.4. The van der Waals surface area contributed by atoms with Crippen LogP contribution >= 0.6 is 0 Å². The van der Waals surface area contributed by atoms with Gasteiger partial charge in [-0.05, 0) is 45.7 Å². The molecule has 0 saturated heterocycles. The van der Waals surface area contributed by atoms with Gasteiger partial charge in [0, 0.05) is 17.6 Å². The van der Waals surface area contributed by atoms with E-state index in [9.17, 15) is 0 Å². The molecule has 0 aliphatic rings. The van der Waals surface area contributed by atoms with E-state index in [0.29, 0.717) is 6.54 Å². The van der Waals surface area contributed by atoms with Crippen LogP contribution in [0, 0.1) is 13.8 Å². The van der Waals surface area contributed by atoms with Gasteiger partial charge in [0.1, 0.15) is 5.69 Å². The number of hydrogen-bond donors (Lipinski definition) is 1. The van der Waals surface area contributed by atoms with Gasteiger partial charge in [-0.2, -0.15) is 0 Å². The highest BCUT2D eigenvalue weighted by molar-refractivity contribution is 5.65. The standard InChI is InChI=1S/C16H22N2O/c1-11-7-6-8-13(12(11)2)15-14(17-10-19-15)9-18-16(3,4)5/h6-8,10,18H,9H2,1-5H3. The molecule has 3 nitrogen and oxygen atoms in total. The van der Waals surface area contributed by atoms with Crippen molar-refractivity contribution < 1.29 is 4.42 Å². The van der Waals surface area contributed by atoms with Gasteiger partial charge in [0.15, 0.2) is 12.2 Å². The van der Waals surface area contributed by atoms with Crippen molar-refractivity contribution in [2.45, 2.75) is 46.7 Å². The Bertz CT molecular complexity index is 564. The molecule has 0 spiro atoms. The normalized spacial score (nSPS) is 11.8. The zero-order valence-corrected chi connectivity index (χ0v) is 12.4. The molecule has 1 heterocycles. The van der Waals surface area contributed by atoms with Crippen LogP contribution in [0.25, 0.3) is 11.3 Å². The second-order valence-electron chi connectivity index (χ2n) is 5.98. The van der Waals surface area contributed by atoms with Crippen molar-refractivity contribution in [3.05, 3.63) is 41.4 Å². The fourth-order valence-corrected chi connectivity index (χ4v) is 1.96. The highest BCUT2D eigenvalue weighted by Crippen LogP contribution is 2.28. The molecule has 0 aliphatic carbocycles. The average Bonchev–Trinajstić information content (AvgIpc) is 2.77. The first-order valence-corrected chi connectivity index (χ1v) is 6.62. The van der Waals surface area contributed by atoms with Gasteiger partial charge in [-0.25, -0.2) is 4.98 Å². The molecular formula is C16H22N2O. The van der Waals surface area contributed by atoms with Gasteiger partial charge in [0.05, 0.1) is 0 Å². The predicted octanol–water partition coefficient (Wildman–Crippen LogP) is 3.85. The maximum Gasteiger partial charge on any atom is 0.181 e. The minimum absolute atomic E-state index is 0.0673. The van der Waals surface area contributed by atoms with E-state index < -0.39 is 0 Å². The van der Waals surface area contributed by atoms with E-state index in [2.05, 4.69) is 63.1 Å². The Morgan fingerprint density at radius 3 is 2.63 bits per heavy atom. The number of aromatic nitrogens is 1. The Morgan fingerprint density at radius 1 is 1.21 bits per heavy atom. The van der Waals surface area contributed by atoms with Crippen LogP contribution in [0.5, 0.6) is 0 Å². The smallest absolute Gasteiger partial charge is 0.181 e. The van der Waals surface area contributed by atoms with Gasteiger partial charge in [-0.1, -0.05) is 18.2 Å². The van der Waals surface area contributed by atoms with Crippen LogP contribution in [0.1, 0.15) is 37.6 Å². The maximum absolute atomic E-state index is 5.60. The second-order valence-corrected chi connectivity index (χ2v) is 5.98. The molecule has 0 atom stereocenters. The molecule has 0 saturated carbocycles. The molecule has 3 heteroatoms. The minimum atomic E-state index is 0.0673. The van der Waals surface area contributed by atoms with Crippen molar-refractivity contribution >= 4 is 0 Å². The Morgan fingerprint density at radius 2 is 1.95 bits per heavy atom. The molecular weight excluding hydrogens is 236 g/mol. The van der Waals surface area contributed by atoms with Gasteiger partial charge >= 0.3 is 0 Å². The molecule has 0 bridgehead atoms. The quantitative estimate of drug-likeness (QED) is 0.908. The van der Waals surface area contributed by atoms with E-state index in [0.717, 1.165) is 17.0 Å². The molecule has 0 radical (unpaired) electrons. The van der Waals surface area contributed by atoms with E-state index in [1.165, 1.54) is 17.5 Å². The van der Waals surface area contributed by atoms with Gasteiger partial charge < -0.3 is 9.73 Å². The molecule has 19 heavy (non-hydrogen) atoms. The Balaban J connectivity index is 2.31. The number of benzene rings is 1. The van der Waals surface area contributed by atoms with Crippen molar-refractivity contribution in [2.24, 2.45) is 0 Å². The summed E-state index contributed by atoms with van der Waals surface area (Å²) in [5.74, 6) is 0.873. The summed E-state index contributed by atoms with van der Waals surface area (Å²) in [5.41, 5.74) is 4.67. The molecule has 0 aliphatic heterocycles. The first-order chi connectivity index (χ1) is 8.88.